The Bertz CT molecular complexity index is 835. The second kappa shape index (κ2) is 5.49. The smallest absolute Gasteiger partial charge is 0.275 e. The number of anilines is 2. The predicted octanol–water partition coefficient (Wildman–Crippen LogP) is 3.23. The van der Waals surface area contributed by atoms with Gasteiger partial charge in [0.25, 0.3) is 5.91 Å². The number of pyridine rings is 2. The first kappa shape index (κ1) is 13.5. The van der Waals surface area contributed by atoms with Gasteiger partial charge >= 0.3 is 0 Å². The molecule has 3 aromatic rings. The first-order valence-corrected chi connectivity index (χ1v) is 7.01. The van der Waals surface area contributed by atoms with Gasteiger partial charge in [0.2, 0.25) is 0 Å². The lowest BCUT2D eigenvalue weighted by Crippen LogP contribution is -2.14. The highest BCUT2D eigenvalue weighted by Gasteiger charge is 2.13. The van der Waals surface area contributed by atoms with Crippen LogP contribution in [-0.4, -0.2) is 15.9 Å². The van der Waals surface area contributed by atoms with Gasteiger partial charge in [0.1, 0.15) is 5.69 Å². The van der Waals surface area contributed by atoms with Crippen LogP contribution in [0, 0.1) is 0 Å². The Kier molecular flexibility index (Phi) is 3.53. The topological polar surface area (TPSA) is 80.9 Å². The zero-order valence-electron chi connectivity index (χ0n) is 10.9. The Morgan fingerprint density at radius 2 is 1.86 bits per heavy atom. The SMILES string of the molecule is Nc1ccc(NC(=O)c2ncccc2Br)c2cccnc12. The van der Waals surface area contributed by atoms with Crippen molar-refractivity contribution in [2.75, 3.05) is 11.1 Å². The lowest BCUT2D eigenvalue weighted by Gasteiger charge is -2.10. The number of nitrogens with one attached hydrogen (secondary N) is 1. The van der Waals surface area contributed by atoms with Crippen molar-refractivity contribution in [2.45, 2.75) is 0 Å². The van der Waals surface area contributed by atoms with Crippen LogP contribution in [-0.2, 0) is 0 Å². The van der Waals surface area contributed by atoms with Gasteiger partial charge in [0, 0.05) is 22.3 Å². The molecule has 0 unspecified atom stereocenters. The molecule has 2 heterocycles. The van der Waals surface area contributed by atoms with E-state index in [0.29, 0.717) is 27.1 Å². The van der Waals surface area contributed by atoms with E-state index in [1.54, 1.807) is 42.7 Å². The van der Waals surface area contributed by atoms with E-state index >= 15 is 0 Å². The summed E-state index contributed by atoms with van der Waals surface area (Å²) in [6, 6.07) is 10.7. The minimum absolute atomic E-state index is 0.294. The van der Waals surface area contributed by atoms with Crippen molar-refractivity contribution >= 4 is 44.1 Å². The Morgan fingerprint density at radius 1 is 1.10 bits per heavy atom. The fourth-order valence-electron chi connectivity index (χ4n) is 2.04. The number of aromatic nitrogens is 2. The number of amides is 1. The summed E-state index contributed by atoms with van der Waals surface area (Å²) in [4.78, 5) is 20.6. The number of nitrogens with two attached hydrogens (primary N) is 1. The molecule has 0 saturated heterocycles. The van der Waals surface area contributed by atoms with Crippen LogP contribution in [0.4, 0.5) is 11.4 Å². The molecule has 0 spiro atoms. The highest BCUT2D eigenvalue weighted by Crippen LogP contribution is 2.27. The third kappa shape index (κ3) is 2.57. The molecule has 104 valence electrons. The normalized spacial score (nSPS) is 10.5. The number of nitrogen functional groups attached to an aromatic ring is 1. The average molecular weight is 343 g/mol. The summed E-state index contributed by atoms with van der Waals surface area (Å²) in [5, 5.41) is 3.63. The second-order valence-corrected chi connectivity index (χ2v) is 5.24. The standard InChI is InChI=1S/C15H11BrN4O/c16-10-4-2-8-19-14(10)15(21)20-12-6-5-11(17)13-9(12)3-1-7-18-13/h1-8H,17H2,(H,20,21). The van der Waals surface area contributed by atoms with Crippen LogP contribution in [0.2, 0.25) is 0 Å². The fourth-order valence-corrected chi connectivity index (χ4v) is 2.47. The van der Waals surface area contributed by atoms with E-state index in [1.807, 2.05) is 6.07 Å². The Labute approximate surface area is 129 Å². The van der Waals surface area contributed by atoms with Gasteiger partial charge in [-0.2, -0.15) is 0 Å². The highest BCUT2D eigenvalue weighted by atomic mass is 79.9. The number of hydrogen-bond donors (Lipinski definition) is 2. The second-order valence-electron chi connectivity index (χ2n) is 4.39. The summed E-state index contributed by atoms with van der Waals surface area (Å²) in [6.45, 7) is 0. The molecular weight excluding hydrogens is 332 g/mol. The molecule has 5 nitrogen and oxygen atoms in total. The van der Waals surface area contributed by atoms with Crippen molar-refractivity contribution in [1.29, 1.82) is 0 Å². The van der Waals surface area contributed by atoms with Gasteiger partial charge < -0.3 is 11.1 Å². The molecule has 1 aromatic carbocycles. The maximum absolute atomic E-state index is 12.3. The fraction of sp³-hybridized carbons (Fsp3) is 0. The molecule has 0 atom stereocenters. The van der Waals surface area contributed by atoms with Crippen LogP contribution in [0.1, 0.15) is 10.5 Å². The molecule has 0 fully saturated rings. The molecule has 0 aliphatic carbocycles. The molecule has 2 aromatic heterocycles. The van der Waals surface area contributed by atoms with Gasteiger partial charge in [-0.15, -0.1) is 0 Å². The summed E-state index contributed by atoms with van der Waals surface area (Å²) in [5.74, 6) is -0.294. The molecule has 0 aliphatic heterocycles. The number of rotatable bonds is 2. The number of benzene rings is 1. The molecule has 6 heteroatoms. The Morgan fingerprint density at radius 3 is 2.67 bits per heavy atom. The van der Waals surface area contributed by atoms with Crippen molar-refractivity contribution in [3.05, 3.63) is 59.0 Å². The summed E-state index contributed by atoms with van der Waals surface area (Å²) >= 11 is 3.32. The quantitative estimate of drug-likeness (QED) is 0.700. The number of halogens is 1. The summed E-state index contributed by atoms with van der Waals surface area (Å²) < 4.78 is 0.639. The number of fused-ring (bicyclic) bond motifs is 1. The third-order valence-electron chi connectivity index (χ3n) is 3.02. The van der Waals surface area contributed by atoms with Crippen molar-refractivity contribution in [3.8, 4) is 0 Å². The summed E-state index contributed by atoms with van der Waals surface area (Å²) in [7, 11) is 0. The van der Waals surface area contributed by atoms with Gasteiger partial charge in [-0.25, -0.2) is 4.98 Å². The third-order valence-corrected chi connectivity index (χ3v) is 3.66. The zero-order valence-corrected chi connectivity index (χ0v) is 12.5. The summed E-state index contributed by atoms with van der Waals surface area (Å²) in [6.07, 6.45) is 3.24. The first-order valence-electron chi connectivity index (χ1n) is 6.22. The van der Waals surface area contributed by atoms with E-state index in [0.717, 1.165) is 5.39 Å². The molecular formula is C15H11BrN4O. The van der Waals surface area contributed by atoms with Crippen LogP contribution in [0.25, 0.3) is 10.9 Å². The highest BCUT2D eigenvalue weighted by molar-refractivity contribution is 9.10. The van der Waals surface area contributed by atoms with Gasteiger partial charge in [0.15, 0.2) is 0 Å². The monoisotopic (exact) mass is 342 g/mol. The molecule has 3 N–H and O–H groups in total. The number of carbonyl (C=O) groups is 1. The van der Waals surface area contributed by atoms with Crippen LogP contribution in [0.15, 0.2) is 53.3 Å². The van der Waals surface area contributed by atoms with Crippen molar-refractivity contribution in [2.24, 2.45) is 0 Å². The van der Waals surface area contributed by atoms with E-state index < -0.39 is 0 Å². The van der Waals surface area contributed by atoms with E-state index in [1.165, 1.54) is 0 Å². The van der Waals surface area contributed by atoms with Crippen molar-refractivity contribution in [3.63, 3.8) is 0 Å². The van der Waals surface area contributed by atoms with E-state index in [9.17, 15) is 4.79 Å². The largest absolute Gasteiger partial charge is 0.397 e. The molecule has 0 radical (unpaired) electrons. The number of hydrogen-bond acceptors (Lipinski definition) is 4. The maximum Gasteiger partial charge on any atom is 0.275 e. The van der Waals surface area contributed by atoms with Crippen LogP contribution in [0.5, 0.6) is 0 Å². The van der Waals surface area contributed by atoms with Crippen LogP contribution in [0.3, 0.4) is 0 Å². The molecule has 3 rings (SSSR count). The maximum atomic E-state index is 12.3. The lowest BCUT2D eigenvalue weighted by atomic mass is 10.1. The Hall–Kier alpha value is -2.47. The average Bonchev–Trinajstić information content (AvgIpc) is 2.51. The van der Waals surface area contributed by atoms with E-state index in [4.69, 9.17) is 5.73 Å². The van der Waals surface area contributed by atoms with E-state index in [2.05, 4.69) is 31.2 Å². The van der Waals surface area contributed by atoms with Gasteiger partial charge in [-0.05, 0) is 52.3 Å². The van der Waals surface area contributed by atoms with Gasteiger partial charge in [-0.1, -0.05) is 0 Å². The number of nitrogens with zero attached hydrogens (tertiary/aromatic N) is 2. The van der Waals surface area contributed by atoms with Gasteiger partial charge in [0.05, 0.1) is 16.9 Å². The van der Waals surface area contributed by atoms with Crippen LogP contribution < -0.4 is 11.1 Å². The summed E-state index contributed by atoms with van der Waals surface area (Å²) in [5.41, 5.74) is 8.10. The zero-order chi connectivity index (χ0) is 14.8. The minimum atomic E-state index is -0.294. The van der Waals surface area contributed by atoms with E-state index in [-0.39, 0.29) is 5.91 Å². The minimum Gasteiger partial charge on any atom is -0.397 e. The predicted molar refractivity (Wildman–Crippen MR) is 86.0 cm³/mol. The Balaban J connectivity index is 2.01. The van der Waals surface area contributed by atoms with Crippen molar-refractivity contribution < 1.29 is 4.79 Å². The lowest BCUT2D eigenvalue weighted by molar-refractivity contribution is 0.102. The molecule has 21 heavy (non-hydrogen) atoms. The molecule has 0 aliphatic rings. The number of carbonyl (C=O) groups excluding carboxylic acids is 1. The van der Waals surface area contributed by atoms with Crippen LogP contribution >= 0.6 is 15.9 Å². The van der Waals surface area contributed by atoms with Crippen molar-refractivity contribution in [1.82, 2.24) is 9.97 Å². The molecule has 1 amide bonds. The first-order chi connectivity index (χ1) is 10.2. The molecule has 0 saturated carbocycles. The van der Waals surface area contributed by atoms with Gasteiger partial charge in [-0.3, -0.25) is 9.78 Å². The molecule has 0 bridgehead atoms.